The number of nitrogens with zero attached hydrogens (tertiary/aromatic N) is 3. The molecule has 0 fully saturated rings. The third-order valence-electron chi connectivity index (χ3n) is 6.66. The second-order valence-corrected chi connectivity index (χ2v) is 10.3. The first-order chi connectivity index (χ1) is 17.9. The Morgan fingerprint density at radius 2 is 1.84 bits per heavy atom. The number of pyridine rings is 1. The summed E-state index contributed by atoms with van der Waals surface area (Å²) < 4.78 is 2.54. The lowest BCUT2D eigenvalue weighted by atomic mass is 9.97. The molecule has 0 saturated heterocycles. The molecule has 1 unspecified atom stereocenters. The molecular formula is C30H34BrN4O2+. The molecule has 37 heavy (non-hydrogen) atoms. The normalized spacial score (nSPS) is 12.0. The Morgan fingerprint density at radius 3 is 2.51 bits per heavy atom. The van der Waals surface area contributed by atoms with Gasteiger partial charge in [-0.15, -0.1) is 0 Å². The zero-order valence-corrected chi connectivity index (χ0v) is 23.2. The summed E-state index contributed by atoms with van der Waals surface area (Å²) in [6, 6.07) is 20.9. The van der Waals surface area contributed by atoms with Crippen LogP contribution in [0.25, 0.3) is 5.65 Å². The number of benzene rings is 2. The van der Waals surface area contributed by atoms with Crippen molar-refractivity contribution in [1.82, 2.24) is 14.3 Å². The quantitative estimate of drug-likeness (QED) is 0.289. The number of fused-ring (bicyclic) bond motifs is 1. The first kappa shape index (κ1) is 26.8. The molecule has 1 amide bonds. The molecule has 0 aliphatic rings. The summed E-state index contributed by atoms with van der Waals surface area (Å²) >= 11 is 3.46. The van der Waals surface area contributed by atoms with Crippen molar-refractivity contribution in [3.8, 4) is 0 Å². The summed E-state index contributed by atoms with van der Waals surface area (Å²) in [6.45, 7) is 5.54. The first-order valence-corrected chi connectivity index (χ1v) is 13.6. The average Bonchev–Trinajstić information content (AvgIpc) is 2.90. The Hall–Kier alpha value is -3.29. The van der Waals surface area contributed by atoms with Crippen LogP contribution in [0.3, 0.4) is 0 Å². The smallest absolute Gasteiger partial charge is 0.261 e. The number of aromatic nitrogens is 2. The van der Waals surface area contributed by atoms with Crippen LogP contribution in [0.2, 0.25) is 0 Å². The van der Waals surface area contributed by atoms with Crippen LogP contribution in [0.1, 0.15) is 58.5 Å². The molecule has 0 aliphatic heterocycles. The molecule has 7 heteroatoms. The maximum Gasteiger partial charge on any atom is 0.261 e. The van der Waals surface area contributed by atoms with E-state index in [4.69, 9.17) is 4.98 Å². The lowest BCUT2D eigenvalue weighted by Crippen LogP contribution is -2.79. The van der Waals surface area contributed by atoms with Crippen molar-refractivity contribution in [2.24, 2.45) is 0 Å². The van der Waals surface area contributed by atoms with Crippen LogP contribution in [0.4, 0.5) is 0 Å². The summed E-state index contributed by atoms with van der Waals surface area (Å²) in [5.41, 5.74) is 4.54. The van der Waals surface area contributed by atoms with Crippen molar-refractivity contribution in [3.63, 3.8) is 0 Å². The molecule has 2 aromatic carbocycles. The van der Waals surface area contributed by atoms with Crippen molar-refractivity contribution < 1.29 is 10.1 Å². The van der Waals surface area contributed by atoms with Gasteiger partial charge in [0.25, 0.3) is 11.5 Å². The fourth-order valence-electron chi connectivity index (χ4n) is 4.72. The SMILES string of the molecule is CCC(c1nc2cc(C)ccn2c(=O)c1Cc1ccccc1)N(CCC[NH2+]C)C(=O)c1ccc(Br)cc1. The molecule has 0 aliphatic carbocycles. The van der Waals surface area contributed by atoms with E-state index in [-0.39, 0.29) is 17.5 Å². The standard InChI is InChI=1S/C30H33BrN4O2/c1-4-26(34(17-8-16-32-3)29(36)23-11-13-24(31)14-12-23)28-25(20-22-9-6-5-7-10-22)30(37)35-18-15-21(2)19-27(35)33-28/h5-7,9-15,18-19,26,32H,4,8,16-17,20H2,1-3H3/p+1. The van der Waals surface area contributed by atoms with Gasteiger partial charge in [0.1, 0.15) is 5.65 Å². The molecule has 2 heterocycles. The lowest BCUT2D eigenvalue weighted by molar-refractivity contribution is -0.627. The van der Waals surface area contributed by atoms with E-state index in [0.29, 0.717) is 41.9 Å². The summed E-state index contributed by atoms with van der Waals surface area (Å²) in [7, 11) is 2.03. The fraction of sp³-hybridized carbons (Fsp3) is 0.300. The molecule has 6 nitrogen and oxygen atoms in total. The highest BCUT2D eigenvalue weighted by atomic mass is 79.9. The minimum atomic E-state index is -0.329. The largest absolute Gasteiger partial charge is 0.349 e. The molecule has 4 aromatic rings. The highest BCUT2D eigenvalue weighted by Gasteiger charge is 2.29. The van der Waals surface area contributed by atoms with Crippen LogP contribution < -0.4 is 10.9 Å². The van der Waals surface area contributed by atoms with Crippen molar-refractivity contribution >= 4 is 27.5 Å². The highest BCUT2D eigenvalue weighted by Crippen LogP contribution is 2.29. The summed E-state index contributed by atoms with van der Waals surface area (Å²) in [5, 5.41) is 2.12. The minimum absolute atomic E-state index is 0.0487. The molecule has 1 atom stereocenters. The Morgan fingerprint density at radius 1 is 1.11 bits per heavy atom. The van der Waals surface area contributed by atoms with Crippen LogP contribution in [0.5, 0.6) is 0 Å². The first-order valence-electron chi connectivity index (χ1n) is 12.8. The van der Waals surface area contributed by atoms with Crippen LogP contribution in [0, 0.1) is 6.92 Å². The Kier molecular flexibility index (Phi) is 8.90. The molecule has 0 saturated carbocycles. The monoisotopic (exact) mass is 561 g/mol. The van der Waals surface area contributed by atoms with Gasteiger partial charge in [0.15, 0.2) is 0 Å². The van der Waals surface area contributed by atoms with Crippen molar-refractivity contribution in [3.05, 3.63) is 116 Å². The molecule has 4 rings (SSSR count). The van der Waals surface area contributed by atoms with Crippen LogP contribution in [-0.2, 0) is 6.42 Å². The van der Waals surface area contributed by atoms with E-state index in [9.17, 15) is 9.59 Å². The van der Waals surface area contributed by atoms with Crippen LogP contribution in [0.15, 0.2) is 82.2 Å². The van der Waals surface area contributed by atoms with E-state index in [1.165, 1.54) is 0 Å². The predicted octanol–water partition coefficient (Wildman–Crippen LogP) is 4.53. The molecular weight excluding hydrogens is 528 g/mol. The van der Waals surface area contributed by atoms with E-state index in [1.54, 1.807) is 10.6 Å². The fourth-order valence-corrected chi connectivity index (χ4v) is 4.98. The average molecular weight is 563 g/mol. The number of hydrogen-bond donors (Lipinski definition) is 1. The van der Waals surface area contributed by atoms with E-state index in [2.05, 4.69) is 28.2 Å². The summed E-state index contributed by atoms with van der Waals surface area (Å²) in [6.07, 6.45) is 3.74. The lowest BCUT2D eigenvalue weighted by Gasteiger charge is -2.32. The number of quaternary nitrogens is 1. The number of carbonyl (C=O) groups excluding carboxylic acids is 1. The van der Waals surface area contributed by atoms with Gasteiger partial charge in [-0.1, -0.05) is 53.2 Å². The zero-order chi connectivity index (χ0) is 26.4. The van der Waals surface area contributed by atoms with Gasteiger partial charge in [0.05, 0.1) is 25.3 Å². The third-order valence-corrected chi connectivity index (χ3v) is 7.19. The van der Waals surface area contributed by atoms with Gasteiger partial charge < -0.3 is 10.2 Å². The van der Waals surface area contributed by atoms with Gasteiger partial charge in [0.2, 0.25) is 0 Å². The molecule has 192 valence electrons. The van der Waals surface area contributed by atoms with E-state index >= 15 is 0 Å². The molecule has 2 N–H and O–H groups in total. The van der Waals surface area contributed by atoms with Gasteiger partial charge >= 0.3 is 0 Å². The number of aryl methyl sites for hydroxylation is 1. The predicted molar refractivity (Wildman–Crippen MR) is 151 cm³/mol. The Labute approximate surface area is 226 Å². The molecule has 0 spiro atoms. The van der Waals surface area contributed by atoms with Crippen molar-refractivity contribution in [2.75, 3.05) is 20.1 Å². The second-order valence-electron chi connectivity index (χ2n) is 9.36. The van der Waals surface area contributed by atoms with Crippen LogP contribution in [-0.4, -0.2) is 40.3 Å². The Balaban J connectivity index is 1.87. The van der Waals surface area contributed by atoms with Crippen molar-refractivity contribution in [1.29, 1.82) is 0 Å². The zero-order valence-electron chi connectivity index (χ0n) is 21.7. The number of nitrogens with two attached hydrogens (primary N) is 1. The number of halogens is 1. The number of amides is 1. The molecule has 2 aromatic heterocycles. The molecule has 0 radical (unpaired) electrons. The van der Waals surface area contributed by atoms with E-state index in [0.717, 1.165) is 28.6 Å². The van der Waals surface area contributed by atoms with Gasteiger partial charge in [-0.25, -0.2) is 4.98 Å². The second kappa shape index (κ2) is 12.3. The van der Waals surface area contributed by atoms with E-state index < -0.39 is 0 Å². The molecule has 0 bridgehead atoms. The van der Waals surface area contributed by atoms with Gasteiger partial charge in [-0.2, -0.15) is 0 Å². The van der Waals surface area contributed by atoms with Crippen molar-refractivity contribution in [2.45, 2.75) is 39.2 Å². The topological polar surface area (TPSA) is 71.3 Å². The number of carbonyl (C=O) groups is 1. The van der Waals surface area contributed by atoms with E-state index in [1.807, 2.05) is 85.6 Å². The van der Waals surface area contributed by atoms with Gasteiger partial charge in [-0.3, -0.25) is 14.0 Å². The Bertz CT molecular complexity index is 1420. The minimum Gasteiger partial charge on any atom is -0.349 e. The number of rotatable bonds is 10. The summed E-state index contributed by atoms with van der Waals surface area (Å²) in [4.78, 5) is 34.7. The maximum absolute atomic E-state index is 13.9. The van der Waals surface area contributed by atoms with Gasteiger partial charge in [-0.05, 0) is 60.9 Å². The van der Waals surface area contributed by atoms with Gasteiger partial charge in [0, 0.05) is 41.2 Å². The summed E-state index contributed by atoms with van der Waals surface area (Å²) in [5.74, 6) is -0.0487. The van der Waals surface area contributed by atoms with Crippen LogP contribution >= 0.6 is 15.9 Å². The maximum atomic E-state index is 13.9. The third kappa shape index (κ3) is 6.17. The highest BCUT2D eigenvalue weighted by molar-refractivity contribution is 9.10. The number of hydrogen-bond acceptors (Lipinski definition) is 3.